The highest BCUT2D eigenvalue weighted by Crippen LogP contribution is 2.18. The summed E-state index contributed by atoms with van der Waals surface area (Å²) < 4.78 is 27.2. The highest BCUT2D eigenvalue weighted by atomic mass is 32.2. The van der Waals surface area contributed by atoms with Crippen molar-refractivity contribution in [2.45, 2.75) is 43.0 Å². The minimum atomic E-state index is -3.64. The van der Waals surface area contributed by atoms with Crippen LogP contribution in [0.1, 0.15) is 32.1 Å². The van der Waals surface area contributed by atoms with Crippen LogP contribution in [0.3, 0.4) is 0 Å². The molecule has 0 bridgehead atoms. The van der Waals surface area contributed by atoms with Gasteiger partial charge in [-0.3, -0.25) is 10.1 Å². The van der Waals surface area contributed by atoms with E-state index >= 15 is 0 Å². The predicted octanol–water partition coefficient (Wildman–Crippen LogP) is 2.76. The quantitative estimate of drug-likeness (QED) is 0.526. The van der Waals surface area contributed by atoms with E-state index < -0.39 is 14.9 Å². The Bertz CT molecular complexity index is 623. The number of nitro groups is 1. The van der Waals surface area contributed by atoms with Crippen LogP contribution in [0, 0.1) is 10.1 Å². The first kappa shape index (κ1) is 15.7. The summed E-state index contributed by atoms with van der Waals surface area (Å²) >= 11 is 0. The molecule has 0 fully saturated rings. The minimum absolute atomic E-state index is 0.0548. The summed E-state index contributed by atoms with van der Waals surface area (Å²) in [6.45, 7) is 0. The second-order valence-electron chi connectivity index (χ2n) is 5.06. The van der Waals surface area contributed by atoms with Crippen LogP contribution in [0.5, 0.6) is 0 Å². The first-order chi connectivity index (χ1) is 9.99. The van der Waals surface area contributed by atoms with Gasteiger partial charge >= 0.3 is 0 Å². The third-order valence-corrected chi connectivity index (χ3v) is 4.98. The lowest BCUT2D eigenvalue weighted by molar-refractivity contribution is -0.384. The molecule has 2 rings (SSSR count). The van der Waals surface area contributed by atoms with Gasteiger partial charge in [0, 0.05) is 18.2 Å². The zero-order valence-electron chi connectivity index (χ0n) is 11.6. The fourth-order valence-corrected chi connectivity index (χ4v) is 3.57. The Hall–Kier alpha value is -1.73. The largest absolute Gasteiger partial charge is 0.269 e. The molecule has 1 aromatic rings. The van der Waals surface area contributed by atoms with Gasteiger partial charge in [-0.05, 0) is 37.8 Å². The Kier molecular flexibility index (Phi) is 5.08. The van der Waals surface area contributed by atoms with Gasteiger partial charge < -0.3 is 0 Å². The minimum Gasteiger partial charge on any atom is -0.258 e. The van der Waals surface area contributed by atoms with Gasteiger partial charge in [-0.1, -0.05) is 18.6 Å². The van der Waals surface area contributed by atoms with Crippen LogP contribution in [-0.2, 0) is 10.0 Å². The molecule has 0 aliphatic heterocycles. The number of hydrogen-bond acceptors (Lipinski definition) is 4. The number of non-ortho nitro benzene ring substituents is 1. The molecule has 7 heteroatoms. The number of nitrogens with one attached hydrogen (secondary N) is 1. The Morgan fingerprint density at radius 2 is 1.86 bits per heavy atom. The number of allylic oxidation sites excluding steroid dienone is 1. The van der Waals surface area contributed by atoms with Crippen molar-refractivity contribution in [1.29, 1.82) is 0 Å². The summed E-state index contributed by atoms with van der Waals surface area (Å²) in [6.07, 6.45) is 8.64. The van der Waals surface area contributed by atoms with Gasteiger partial charge in [0.1, 0.15) is 0 Å². The van der Waals surface area contributed by atoms with Crippen LogP contribution in [-0.4, -0.2) is 19.4 Å². The number of rotatable bonds is 4. The van der Waals surface area contributed by atoms with Gasteiger partial charge in [0.25, 0.3) is 5.69 Å². The van der Waals surface area contributed by atoms with Gasteiger partial charge in [-0.25, -0.2) is 13.1 Å². The number of sulfonamides is 1. The van der Waals surface area contributed by atoms with Gasteiger partial charge in [-0.2, -0.15) is 0 Å². The predicted molar refractivity (Wildman–Crippen MR) is 79.4 cm³/mol. The fourth-order valence-electron chi connectivity index (χ4n) is 2.29. The van der Waals surface area contributed by atoms with Crippen molar-refractivity contribution in [1.82, 2.24) is 4.72 Å². The third-order valence-electron chi connectivity index (χ3n) is 3.44. The molecule has 1 aromatic carbocycles. The first-order valence-corrected chi connectivity index (χ1v) is 8.39. The number of nitrogens with zero attached hydrogens (tertiary/aromatic N) is 1. The lowest BCUT2D eigenvalue weighted by Crippen LogP contribution is -2.34. The van der Waals surface area contributed by atoms with Crippen molar-refractivity contribution in [2.24, 2.45) is 0 Å². The van der Waals surface area contributed by atoms with Crippen LogP contribution in [0.2, 0.25) is 0 Å². The Balaban J connectivity index is 2.11. The van der Waals surface area contributed by atoms with Crippen LogP contribution >= 0.6 is 0 Å². The normalized spacial score (nSPS) is 19.7. The second-order valence-corrected chi connectivity index (χ2v) is 6.77. The van der Waals surface area contributed by atoms with Crippen LogP contribution < -0.4 is 4.72 Å². The summed E-state index contributed by atoms with van der Waals surface area (Å²) in [5.41, 5.74) is -0.122. The van der Waals surface area contributed by atoms with E-state index in [2.05, 4.69) is 10.8 Å². The average Bonchev–Trinajstić information content (AvgIpc) is 2.42. The molecule has 21 heavy (non-hydrogen) atoms. The standard InChI is InChI=1S/C14H18N2O4S/c17-16(18)13-8-10-14(11-9-13)21(19,20)15-12-6-4-2-1-3-5-7-12/h2,4,8-12,15H,1,3,5-7H2. The molecule has 0 saturated carbocycles. The maximum absolute atomic E-state index is 12.3. The summed E-state index contributed by atoms with van der Waals surface area (Å²) in [5.74, 6) is 0. The summed E-state index contributed by atoms with van der Waals surface area (Å²) in [6, 6.07) is 4.80. The van der Waals surface area contributed by atoms with E-state index in [1.165, 1.54) is 24.3 Å². The maximum Gasteiger partial charge on any atom is 0.269 e. The maximum atomic E-state index is 12.3. The molecule has 0 radical (unpaired) electrons. The van der Waals surface area contributed by atoms with Gasteiger partial charge in [0.15, 0.2) is 0 Å². The molecule has 0 heterocycles. The first-order valence-electron chi connectivity index (χ1n) is 6.91. The zero-order chi connectivity index (χ0) is 15.3. The molecule has 0 saturated heterocycles. The molecule has 1 atom stereocenters. The molecule has 0 aromatic heterocycles. The molecule has 0 amide bonds. The summed E-state index contributed by atoms with van der Waals surface area (Å²) in [4.78, 5) is 10.1. The zero-order valence-corrected chi connectivity index (χ0v) is 12.4. The van der Waals surface area contributed by atoms with E-state index in [9.17, 15) is 18.5 Å². The van der Waals surface area contributed by atoms with Crippen molar-refractivity contribution in [3.8, 4) is 0 Å². The van der Waals surface area contributed by atoms with Crippen molar-refractivity contribution >= 4 is 15.7 Å². The van der Waals surface area contributed by atoms with Crippen molar-refractivity contribution in [3.63, 3.8) is 0 Å². The van der Waals surface area contributed by atoms with E-state index in [0.717, 1.165) is 25.7 Å². The molecule has 1 aliphatic rings. The molecular formula is C14H18N2O4S. The smallest absolute Gasteiger partial charge is 0.258 e. The molecule has 0 spiro atoms. The molecule has 1 aliphatic carbocycles. The highest BCUT2D eigenvalue weighted by molar-refractivity contribution is 7.89. The molecular weight excluding hydrogens is 292 g/mol. The molecule has 6 nitrogen and oxygen atoms in total. The second kappa shape index (κ2) is 6.82. The van der Waals surface area contributed by atoms with Crippen molar-refractivity contribution < 1.29 is 13.3 Å². The highest BCUT2D eigenvalue weighted by Gasteiger charge is 2.20. The summed E-state index contributed by atoms with van der Waals surface area (Å²) in [5, 5.41) is 10.6. The fraction of sp³-hybridized carbons (Fsp3) is 0.429. The van der Waals surface area contributed by atoms with Crippen LogP contribution in [0.25, 0.3) is 0 Å². The summed E-state index contributed by atoms with van der Waals surface area (Å²) in [7, 11) is -3.64. The Morgan fingerprint density at radius 1 is 1.14 bits per heavy atom. The van der Waals surface area contributed by atoms with Crippen LogP contribution in [0.4, 0.5) is 5.69 Å². The molecule has 1 N–H and O–H groups in total. The van der Waals surface area contributed by atoms with Crippen molar-refractivity contribution in [3.05, 3.63) is 46.5 Å². The van der Waals surface area contributed by atoms with Gasteiger partial charge in [-0.15, -0.1) is 0 Å². The number of benzene rings is 1. The van der Waals surface area contributed by atoms with Crippen LogP contribution in [0.15, 0.2) is 41.3 Å². The van der Waals surface area contributed by atoms with E-state index in [4.69, 9.17) is 0 Å². The average molecular weight is 310 g/mol. The Morgan fingerprint density at radius 3 is 2.52 bits per heavy atom. The topological polar surface area (TPSA) is 89.3 Å². The number of nitro benzene ring substituents is 1. The lowest BCUT2D eigenvalue weighted by Gasteiger charge is -2.18. The third kappa shape index (κ3) is 4.37. The van der Waals surface area contributed by atoms with Gasteiger partial charge in [0.05, 0.1) is 9.82 Å². The monoisotopic (exact) mass is 310 g/mol. The van der Waals surface area contributed by atoms with Crippen molar-refractivity contribution in [2.75, 3.05) is 0 Å². The molecule has 1 unspecified atom stereocenters. The SMILES string of the molecule is O=[N+]([O-])c1ccc(S(=O)(=O)NC2CC=CCCCC2)cc1. The van der Waals surface area contributed by atoms with E-state index in [1.54, 1.807) is 0 Å². The lowest BCUT2D eigenvalue weighted by atomic mass is 10.0. The number of hydrogen-bond donors (Lipinski definition) is 1. The van der Waals surface area contributed by atoms with E-state index in [1.807, 2.05) is 6.08 Å². The Labute approximate surface area is 124 Å². The molecule has 114 valence electrons. The van der Waals surface area contributed by atoms with E-state index in [-0.39, 0.29) is 16.6 Å². The van der Waals surface area contributed by atoms with Gasteiger partial charge in [0.2, 0.25) is 10.0 Å². The van der Waals surface area contributed by atoms with E-state index in [0.29, 0.717) is 6.42 Å².